The maximum atomic E-state index is 12.5. The normalized spacial score (nSPS) is 10.2. The number of nitrogens with zero attached hydrogens (tertiary/aromatic N) is 3. The van der Waals surface area contributed by atoms with E-state index >= 15 is 0 Å². The van der Waals surface area contributed by atoms with E-state index in [4.69, 9.17) is 5.26 Å². The second-order valence-corrected chi connectivity index (χ2v) is 5.66. The van der Waals surface area contributed by atoms with Crippen molar-refractivity contribution in [3.63, 3.8) is 0 Å². The quantitative estimate of drug-likeness (QED) is 0.788. The van der Waals surface area contributed by atoms with E-state index in [1.54, 1.807) is 36.5 Å². The van der Waals surface area contributed by atoms with E-state index in [0.29, 0.717) is 22.5 Å². The Morgan fingerprint density at radius 1 is 1.12 bits per heavy atom. The van der Waals surface area contributed by atoms with Crippen LogP contribution in [-0.4, -0.2) is 23.3 Å². The molecule has 1 aromatic heterocycles. The molecule has 0 saturated carbocycles. The molecular weight excluding hydrogens is 328 g/mol. The molecule has 0 spiro atoms. The summed E-state index contributed by atoms with van der Waals surface area (Å²) in [5, 5.41) is 12.7. The number of rotatable bonds is 4. The zero-order chi connectivity index (χ0) is 18.5. The number of nitrogens with one attached hydrogen (secondary N) is 1. The molecule has 6 nitrogen and oxygen atoms in total. The van der Waals surface area contributed by atoms with E-state index in [1.807, 2.05) is 30.3 Å². The molecule has 0 radical (unpaired) electrons. The van der Waals surface area contributed by atoms with Crippen molar-refractivity contribution in [2.45, 2.75) is 6.92 Å². The standard InChI is InChI=1S/C20H16N4O2/c1-14(25)24(18-10-4-7-15-8-5-11-22-20(15)18)13-19(26)23-17-9-3-2-6-16(17)12-21/h2-11H,13H2,1H3,(H,23,26). The molecule has 1 N–H and O–H groups in total. The first kappa shape index (κ1) is 17.1. The van der Waals surface area contributed by atoms with Crippen molar-refractivity contribution in [3.8, 4) is 6.07 Å². The number of anilines is 2. The highest BCUT2D eigenvalue weighted by Crippen LogP contribution is 2.25. The maximum absolute atomic E-state index is 12.5. The van der Waals surface area contributed by atoms with Crippen molar-refractivity contribution in [2.75, 3.05) is 16.8 Å². The van der Waals surface area contributed by atoms with Gasteiger partial charge in [-0.3, -0.25) is 14.6 Å². The van der Waals surface area contributed by atoms with Crippen molar-refractivity contribution in [1.82, 2.24) is 4.98 Å². The van der Waals surface area contributed by atoms with Gasteiger partial charge >= 0.3 is 0 Å². The minimum atomic E-state index is -0.393. The molecule has 0 saturated heterocycles. The topological polar surface area (TPSA) is 86.1 Å². The van der Waals surface area contributed by atoms with Crippen LogP contribution in [0.25, 0.3) is 10.9 Å². The van der Waals surface area contributed by atoms with Crippen molar-refractivity contribution in [1.29, 1.82) is 5.26 Å². The van der Waals surface area contributed by atoms with E-state index in [1.165, 1.54) is 11.8 Å². The summed E-state index contributed by atoms with van der Waals surface area (Å²) in [5.74, 6) is -0.664. The molecule has 0 aliphatic rings. The first-order valence-electron chi connectivity index (χ1n) is 8.01. The Labute approximate surface area is 150 Å². The fourth-order valence-corrected chi connectivity index (χ4v) is 2.69. The third-order valence-corrected chi connectivity index (χ3v) is 3.91. The molecule has 26 heavy (non-hydrogen) atoms. The predicted molar refractivity (Wildman–Crippen MR) is 99.6 cm³/mol. The van der Waals surface area contributed by atoms with Gasteiger partial charge in [0.25, 0.3) is 0 Å². The average Bonchev–Trinajstić information content (AvgIpc) is 2.66. The van der Waals surface area contributed by atoms with Crippen molar-refractivity contribution >= 4 is 34.1 Å². The first-order chi connectivity index (χ1) is 12.6. The highest BCUT2D eigenvalue weighted by molar-refractivity contribution is 6.06. The van der Waals surface area contributed by atoms with Gasteiger partial charge in [0.1, 0.15) is 12.6 Å². The average molecular weight is 344 g/mol. The van der Waals surface area contributed by atoms with Crippen LogP contribution in [0.1, 0.15) is 12.5 Å². The third-order valence-electron chi connectivity index (χ3n) is 3.91. The number of pyridine rings is 1. The third kappa shape index (κ3) is 3.52. The molecule has 0 fully saturated rings. The molecule has 0 bridgehead atoms. The number of nitriles is 1. The van der Waals surface area contributed by atoms with Gasteiger partial charge in [0.2, 0.25) is 11.8 Å². The lowest BCUT2D eigenvalue weighted by molar-refractivity contribution is -0.120. The number of hydrogen-bond acceptors (Lipinski definition) is 4. The molecule has 0 aliphatic carbocycles. The summed E-state index contributed by atoms with van der Waals surface area (Å²) >= 11 is 0. The smallest absolute Gasteiger partial charge is 0.244 e. The lowest BCUT2D eigenvalue weighted by atomic mass is 10.1. The van der Waals surface area contributed by atoms with Gasteiger partial charge < -0.3 is 10.2 Å². The largest absolute Gasteiger partial charge is 0.323 e. The van der Waals surface area contributed by atoms with Gasteiger partial charge in [-0.15, -0.1) is 0 Å². The summed E-state index contributed by atoms with van der Waals surface area (Å²) in [6.07, 6.45) is 1.65. The fourth-order valence-electron chi connectivity index (χ4n) is 2.69. The van der Waals surface area contributed by atoms with Crippen LogP contribution in [0.3, 0.4) is 0 Å². The molecular formula is C20H16N4O2. The number of carbonyl (C=O) groups excluding carboxylic acids is 2. The van der Waals surface area contributed by atoms with Gasteiger partial charge in [0.15, 0.2) is 0 Å². The second kappa shape index (κ2) is 7.45. The zero-order valence-electron chi connectivity index (χ0n) is 14.1. The van der Waals surface area contributed by atoms with Crippen molar-refractivity contribution in [2.24, 2.45) is 0 Å². The molecule has 2 amide bonds. The van der Waals surface area contributed by atoms with E-state index < -0.39 is 5.91 Å². The van der Waals surface area contributed by atoms with E-state index in [2.05, 4.69) is 10.3 Å². The van der Waals surface area contributed by atoms with Gasteiger partial charge in [-0.25, -0.2) is 0 Å². The summed E-state index contributed by atoms with van der Waals surface area (Å²) < 4.78 is 0. The van der Waals surface area contributed by atoms with Crippen LogP contribution >= 0.6 is 0 Å². The highest BCUT2D eigenvalue weighted by atomic mass is 16.2. The number of hydrogen-bond donors (Lipinski definition) is 1. The number of carbonyl (C=O) groups is 2. The summed E-state index contributed by atoms with van der Waals surface area (Å²) in [5.41, 5.74) is 2.00. The number of aromatic nitrogens is 1. The lowest BCUT2D eigenvalue weighted by Crippen LogP contribution is -2.37. The zero-order valence-corrected chi connectivity index (χ0v) is 14.1. The number of amides is 2. The number of fused-ring (bicyclic) bond motifs is 1. The molecule has 3 rings (SSSR count). The van der Waals surface area contributed by atoms with E-state index in [9.17, 15) is 9.59 Å². The van der Waals surface area contributed by atoms with Gasteiger partial charge in [-0.2, -0.15) is 5.26 Å². The lowest BCUT2D eigenvalue weighted by Gasteiger charge is -2.22. The Bertz CT molecular complexity index is 1020. The van der Waals surface area contributed by atoms with Crippen LogP contribution in [0.4, 0.5) is 11.4 Å². The molecule has 6 heteroatoms. The summed E-state index contributed by atoms with van der Waals surface area (Å²) in [6.45, 7) is 1.23. The molecule has 3 aromatic rings. The van der Waals surface area contributed by atoms with E-state index in [-0.39, 0.29) is 12.5 Å². The molecule has 0 unspecified atom stereocenters. The van der Waals surface area contributed by atoms with Crippen molar-refractivity contribution < 1.29 is 9.59 Å². The predicted octanol–water partition coefficient (Wildman–Crippen LogP) is 3.10. The molecule has 1 heterocycles. The summed E-state index contributed by atoms with van der Waals surface area (Å²) in [7, 11) is 0. The first-order valence-corrected chi connectivity index (χ1v) is 8.01. The Morgan fingerprint density at radius 2 is 1.88 bits per heavy atom. The van der Waals surface area contributed by atoms with Gasteiger partial charge in [0, 0.05) is 18.5 Å². The Morgan fingerprint density at radius 3 is 2.65 bits per heavy atom. The molecule has 0 atom stereocenters. The number of benzene rings is 2. The SMILES string of the molecule is CC(=O)N(CC(=O)Nc1ccccc1C#N)c1cccc2cccnc12. The van der Waals surface area contributed by atoms with Crippen LogP contribution in [0.5, 0.6) is 0 Å². The Hall–Kier alpha value is -3.72. The van der Waals surface area contributed by atoms with Crippen LogP contribution in [0.15, 0.2) is 60.8 Å². The van der Waals surface area contributed by atoms with Gasteiger partial charge in [-0.1, -0.05) is 30.3 Å². The van der Waals surface area contributed by atoms with Crippen LogP contribution in [0.2, 0.25) is 0 Å². The number of para-hydroxylation sites is 2. The summed E-state index contributed by atoms with van der Waals surface area (Å²) in [4.78, 5) is 30.3. The highest BCUT2D eigenvalue weighted by Gasteiger charge is 2.19. The van der Waals surface area contributed by atoms with Gasteiger partial charge in [0.05, 0.1) is 22.5 Å². The maximum Gasteiger partial charge on any atom is 0.244 e. The fraction of sp³-hybridized carbons (Fsp3) is 0.100. The van der Waals surface area contributed by atoms with E-state index in [0.717, 1.165) is 5.39 Å². The van der Waals surface area contributed by atoms with Crippen LogP contribution < -0.4 is 10.2 Å². The minimum absolute atomic E-state index is 0.176. The van der Waals surface area contributed by atoms with Crippen LogP contribution in [0, 0.1) is 11.3 Å². The monoisotopic (exact) mass is 344 g/mol. The minimum Gasteiger partial charge on any atom is -0.323 e. The van der Waals surface area contributed by atoms with Gasteiger partial charge in [-0.05, 0) is 24.3 Å². The Kier molecular flexibility index (Phi) is 4.90. The molecule has 128 valence electrons. The van der Waals surface area contributed by atoms with Crippen LogP contribution in [-0.2, 0) is 9.59 Å². The summed E-state index contributed by atoms with van der Waals surface area (Å²) in [6, 6.07) is 17.9. The molecule has 2 aromatic carbocycles. The molecule has 0 aliphatic heterocycles. The Balaban J connectivity index is 1.88. The second-order valence-electron chi connectivity index (χ2n) is 5.66. The van der Waals surface area contributed by atoms with Crippen molar-refractivity contribution in [3.05, 3.63) is 66.4 Å².